The summed E-state index contributed by atoms with van der Waals surface area (Å²) in [6, 6.07) is 28.1. The lowest BCUT2D eigenvalue weighted by molar-refractivity contribution is -0.111. The molecule has 0 saturated heterocycles. The van der Waals surface area contributed by atoms with E-state index < -0.39 is 0 Å². The molecule has 1 amide bonds. The van der Waals surface area contributed by atoms with E-state index in [4.69, 9.17) is 4.74 Å². The van der Waals surface area contributed by atoms with E-state index in [0.29, 0.717) is 5.95 Å². The zero-order valence-electron chi connectivity index (χ0n) is 18.8. The number of anilines is 2. The second kappa shape index (κ2) is 9.62. The zero-order valence-corrected chi connectivity index (χ0v) is 18.8. The van der Waals surface area contributed by atoms with Crippen LogP contribution in [0.2, 0.25) is 0 Å². The molecule has 0 saturated carbocycles. The Kier molecular flexibility index (Phi) is 6.07. The number of benzene rings is 3. The molecule has 7 heteroatoms. The molecule has 1 aliphatic rings. The van der Waals surface area contributed by atoms with Crippen LogP contribution >= 0.6 is 0 Å². The summed E-state index contributed by atoms with van der Waals surface area (Å²) in [6.45, 7) is 0. The predicted molar refractivity (Wildman–Crippen MR) is 133 cm³/mol. The summed E-state index contributed by atoms with van der Waals surface area (Å²) in [7, 11) is 1.62. The van der Waals surface area contributed by atoms with E-state index >= 15 is 0 Å². The van der Waals surface area contributed by atoms with Crippen LogP contribution in [-0.2, 0) is 4.79 Å². The van der Waals surface area contributed by atoms with Gasteiger partial charge in [0.25, 0.3) is 11.9 Å². The topological polar surface area (TPSA) is 81.1 Å². The molecular weight excluding hydrogens is 426 g/mol. The summed E-state index contributed by atoms with van der Waals surface area (Å²) >= 11 is 0. The lowest BCUT2D eigenvalue weighted by Gasteiger charge is -2.31. The molecule has 0 aliphatic carbocycles. The van der Waals surface area contributed by atoms with E-state index in [2.05, 4.69) is 45.0 Å². The molecule has 4 aromatic rings. The Hall–Kier alpha value is -4.39. The molecule has 2 atom stereocenters. The molecule has 0 fully saturated rings. The molecule has 2 heterocycles. The Morgan fingerprint density at radius 1 is 1.00 bits per heavy atom. The minimum atomic E-state index is -0.297. The Bertz CT molecular complexity index is 1280. The number of methoxy groups -OCH3 is 1. The van der Waals surface area contributed by atoms with E-state index in [-0.39, 0.29) is 23.9 Å². The van der Waals surface area contributed by atoms with Crippen molar-refractivity contribution in [1.29, 1.82) is 0 Å². The van der Waals surface area contributed by atoms with Crippen molar-refractivity contribution in [1.82, 2.24) is 14.8 Å². The summed E-state index contributed by atoms with van der Waals surface area (Å²) in [5.74, 6) is 1.36. The molecule has 5 rings (SSSR count). The first kappa shape index (κ1) is 21.5. The van der Waals surface area contributed by atoms with Crippen molar-refractivity contribution in [2.45, 2.75) is 18.5 Å². The van der Waals surface area contributed by atoms with E-state index in [9.17, 15) is 4.79 Å². The van der Waals surface area contributed by atoms with Crippen molar-refractivity contribution in [3.05, 3.63) is 108 Å². The number of rotatable bonds is 6. The summed E-state index contributed by atoms with van der Waals surface area (Å²) < 4.78 is 7.02. The number of fused-ring (bicyclic) bond motifs is 1. The van der Waals surface area contributed by atoms with E-state index in [1.807, 2.05) is 65.3 Å². The van der Waals surface area contributed by atoms with Crippen LogP contribution < -0.4 is 15.4 Å². The zero-order chi connectivity index (χ0) is 23.3. The molecule has 34 heavy (non-hydrogen) atoms. The van der Waals surface area contributed by atoms with Crippen LogP contribution in [0.3, 0.4) is 0 Å². The molecule has 0 bridgehead atoms. The molecule has 0 radical (unpaired) electrons. The molecule has 0 spiro atoms. The maximum Gasteiger partial charge on any atom is 0.250 e. The smallest absolute Gasteiger partial charge is 0.250 e. The van der Waals surface area contributed by atoms with Gasteiger partial charge in [0.05, 0.1) is 19.2 Å². The molecular formula is C27H25N5O2. The summed E-state index contributed by atoms with van der Waals surface area (Å²) in [6.07, 6.45) is 4.02. The molecule has 1 aromatic heterocycles. The van der Waals surface area contributed by atoms with Crippen LogP contribution in [0, 0.1) is 0 Å². The lowest BCUT2D eigenvalue weighted by atomic mass is 9.93. The van der Waals surface area contributed by atoms with Gasteiger partial charge in [-0.1, -0.05) is 72.8 Å². The van der Waals surface area contributed by atoms with E-state index in [0.717, 1.165) is 23.3 Å². The maximum absolute atomic E-state index is 12.5. The number of carbonyl (C=O) groups is 1. The monoisotopic (exact) mass is 451 g/mol. The van der Waals surface area contributed by atoms with Gasteiger partial charge in [-0.3, -0.25) is 10.1 Å². The second-order valence-corrected chi connectivity index (χ2v) is 8.07. The number of nitrogens with one attached hydrogen (secondary N) is 2. The Morgan fingerprint density at radius 3 is 2.35 bits per heavy atom. The molecule has 170 valence electrons. The number of ether oxygens (including phenoxy) is 1. The molecule has 1 aliphatic heterocycles. The third kappa shape index (κ3) is 4.68. The fraction of sp³-hybridized carbons (Fsp3) is 0.148. The second-order valence-electron chi connectivity index (χ2n) is 8.07. The average Bonchev–Trinajstić information content (AvgIpc) is 3.30. The predicted octanol–water partition coefficient (Wildman–Crippen LogP) is 5.08. The van der Waals surface area contributed by atoms with Gasteiger partial charge in [0.15, 0.2) is 0 Å². The van der Waals surface area contributed by atoms with Crippen molar-refractivity contribution < 1.29 is 9.53 Å². The van der Waals surface area contributed by atoms with Gasteiger partial charge in [-0.2, -0.15) is 4.98 Å². The first-order chi connectivity index (χ1) is 16.7. The standard InChI is InChI=1S/C27H25N5O2/c1-34-22-15-12-19(13-16-22)14-17-25(33)29-26-30-27-28-23(20-8-4-2-5-9-20)18-24(32(27)31-26)21-10-6-3-7-11-21/h2-17,23-24H,18H2,1H3,(H2,28,29,30,31,33)/b17-14+. The van der Waals surface area contributed by atoms with Crippen LogP contribution in [-0.4, -0.2) is 27.8 Å². The first-order valence-corrected chi connectivity index (χ1v) is 11.2. The third-order valence-corrected chi connectivity index (χ3v) is 5.85. The van der Waals surface area contributed by atoms with Crippen LogP contribution in [0.25, 0.3) is 6.08 Å². The number of hydrogen-bond donors (Lipinski definition) is 2. The van der Waals surface area contributed by atoms with Gasteiger partial charge in [-0.15, -0.1) is 5.10 Å². The minimum Gasteiger partial charge on any atom is -0.497 e. The number of amides is 1. The highest BCUT2D eigenvalue weighted by Gasteiger charge is 2.31. The minimum absolute atomic E-state index is 0.00403. The molecule has 3 aromatic carbocycles. The quantitative estimate of drug-likeness (QED) is 0.399. The van der Waals surface area contributed by atoms with Crippen LogP contribution in [0.4, 0.5) is 11.9 Å². The first-order valence-electron chi connectivity index (χ1n) is 11.2. The molecule has 7 nitrogen and oxygen atoms in total. The fourth-order valence-corrected chi connectivity index (χ4v) is 4.13. The average molecular weight is 452 g/mol. The van der Waals surface area contributed by atoms with Crippen LogP contribution in [0.1, 0.15) is 35.2 Å². The number of nitrogens with zero attached hydrogens (tertiary/aromatic N) is 3. The van der Waals surface area contributed by atoms with Crippen LogP contribution in [0.15, 0.2) is 91.0 Å². The SMILES string of the molecule is COc1ccc(/C=C/C(=O)Nc2nc3n(n2)C(c2ccccc2)CC(c2ccccc2)N3)cc1. The van der Waals surface area contributed by atoms with Gasteiger partial charge >= 0.3 is 0 Å². The van der Waals surface area contributed by atoms with E-state index in [1.54, 1.807) is 13.2 Å². The van der Waals surface area contributed by atoms with Gasteiger partial charge in [0.2, 0.25) is 5.95 Å². The summed E-state index contributed by atoms with van der Waals surface area (Å²) in [5.41, 5.74) is 3.23. The fourth-order valence-electron chi connectivity index (χ4n) is 4.13. The normalized spacial score (nSPS) is 17.1. The van der Waals surface area contributed by atoms with Crippen LogP contribution in [0.5, 0.6) is 5.75 Å². The number of aromatic nitrogens is 3. The maximum atomic E-state index is 12.5. The highest BCUT2D eigenvalue weighted by Crippen LogP contribution is 2.38. The van der Waals surface area contributed by atoms with Gasteiger partial charge in [0, 0.05) is 6.08 Å². The Morgan fingerprint density at radius 2 is 1.68 bits per heavy atom. The van der Waals surface area contributed by atoms with Crippen molar-refractivity contribution >= 4 is 23.9 Å². The highest BCUT2D eigenvalue weighted by molar-refractivity contribution is 6.00. The van der Waals surface area contributed by atoms with Gasteiger partial charge in [-0.25, -0.2) is 4.68 Å². The van der Waals surface area contributed by atoms with E-state index in [1.165, 1.54) is 11.6 Å². The van der Waals surface area contributed by atoms with Crippen molar-refractivity contribution in [2.75, 3.05) is 17.7 Å². The summed E-state index contributed by atoms with van der Waals surface area (Å²) in [5, 5.41) is 10.9. The molecule has 2 N–H and O–H groups in total. The summed E-state index contributed by atoms with van der Waals surface area (Å²) in [4.78, 5) is 17.1. The highest BCUT2D eigenvalue weighted by atomic mass is 16.5. The van der Waals surface area contributed by atoms with Crippen molar-refractivity contribution in [3.8, 4) is 5.75 Å². The Balaban J connectivity index is 1.37. The van der Waals surface area contributed by atoms with Crippen molar-refractivity contribution in [2.24, 2.45) is 0 Å². The third-order valence-electron chi connectivity index (χ3n) is 5.85. The van der Waals surface area contributed by atoms with Gasteiger partial charge in [0.1, 0.15) is 5.75 Å². The lowest BCUT2D eigenvalue weighted by Crippen LogP contribution is -2.28. The van der Waals surface area contributed by atoms with Gasteiger partial charge in [-0.05, 0) is 41.3 Å². The van der Waals surface area contributed by atoms with Gasteiger partial charge < -0.3 is 10.1 Å². The number of carbonyl (C=O) groups excluding carboxylic acids is 1. The number of hydrogen-bond acceptors (Lipinski definition) is 5. The van der Waals surface area contributed by atoms with Crippen molar-refractivity contribution in [3.63, 3.8) is 0 Å². The molecule has 2 unspecified atom stereocenters. The largest absolute Gasteiger partial charge is 0.497 e. The Labute approximate surface area is 198 Å².